The monoisotopic (exact) mass is 532 g/mol. The summed E-state index contributed by atoms with van der Waals surface area (Å²) in [6.45, 7) is 9.98. The van der Waals surface area contributed by atoms with Gasteiger partial charge in [-0.15, -0.1) is 0 Å². The second kappa shape index (κ2) is 10.9. The van der Waals surface area contributed by atoms with Crippen LogP contribution in [0.15, 0.2) is 60.0 Å². The number of urea groups is 1. The molecule has 0 bridgehead atoms. The Morgan fingerprint density at radius 2 is 2.08 bits per heavy atom. The second-order valence-electron chi connectivity index (χ2n) is 10.6. The molecule has 1 aromatic carbocycles. The van der Waals surface area contributed by atoms with Crippen molar-refractivity contribution < 1.29 is 13.9 Å². The van der Waals surface area contributed by atoms with Crippen LogP contribution in [0, 0.1) is 11.2 Å². The Balaban J connectivity index is 1.36. The Morgan fingerprint density at radius 1 is 1.23 bits per heavy atom. The number of nitrogens with zero attached hydrogens (tertiary/aromatic N) is 4. The van der Waals surface area contributed by atoms with Gasteiger partial charge in [0, 0.05) is 43.6 Å². The van der Waals surface area contributed by atoms with Crippen molar-refractivity contribution >= 4 is 23.1 Å². The first kappa shape index (κ1) is 26.4. The first-order chi connectivity index (χ1) is 18.7. The molecule has 0 unspecified atom stereocenters. The fourth-order valence-corrected chi connectivity index (χ4v) is 4.63. The molecule has 2 aliphatic rings. The lowest BCUT2D eigenvalue weighted by atomic mass is 9.86. The summed E-state index contributed by atoms with van der Waals surface area (Å²) in [5.41, 5.74) is 13.1. The van der Waals surface area contributed by atoms with Crippen LogP contribution in [-0.2, 0) is 11.3 Å². The fourth-order valence-electron chi connectivity index (χ4n) is 4.63. The van der Waals surface area contributed by atoms with Gasteiger partial charge in [0.05, 0.1) is 18.0 Å². The van der Waals surface area contributed by atoms with E-state index in [0.29, 0.717) is 41.4 Å². The highest BCUT2D eigenvalue weighted by Gasteiger charge is 2.21. The van der Waals surface area contributed by atoms with Crippen molar-refractivity contribution in [1.82, 2.24) is 30.1 Å². The normalized spacial score (nSPS) is 16.3. The van der Waals surface area contributed by atoms with Crippen molar-refractivity contribution in [3.63, 3.8) is 0 Å². The maximum Gasteiger partial charge on any atom is 0.324 e. The van der Waals surface area contributed by atoms with Gasteiger partial charge in [-0.25, -0.2) is 18.7 Å². The number of ether oxygens (including phenoxy) is 1. The van der Waals surface area contributed by atoms with Crippen LogP contribution in [0.3, 0.4) is 0 Å². The lowest BCUT2D eigenvalue weighted by molar-refractivity contribution is 0.140. The Kier molecular flexibility index (Phi) is 7.38. The zero-order valence-corrected chi connectivity index (χ0v) is 22.3. The van der Waals surface area contributed by atoms with Crippen molar-refractivity contribution in [2.75, 3.05) is 37.4 Å². The lowest BCUT2D eigenvalue weighted by Gasteiger charge is -2.22. The number of fused-ring (bicyclic) bond motifs is 1. The number of rotatable bonds is 5. The molecular formula is C28H33FN8O2. The highest BCUT2D eigenvalue weighted by molar-refractivity contribution is 5.92. The number of hydrogen-bond acceptors (Lipinski definition) is 7. The van der Waals surface area contributed by atoms with Gasteiger partial charge in [0.25, 0.3) is 0 Å². The molecule has 0 saturated carbocycles. The highest BCUT2D eigenvalue weighted by atomic mass is 19.1. The molecule has 2 aliphatic heterocycles. The number of allylic oxidation sites excluding steroid dienone is 2. The predicted molar refractivity (Wildman–Crippen MR) is 148 cm³/mol. The molecule has 0 atom stereocenters. The quantitative estimate of drug-likeness (QED) is 0.367. The molecule has 5 rings (SSSR count). The van der Waals surface area contributed by atoms with Crippen molar-refractivity contribution in [3.8, 4) is 11.1 Å². The lowest BCUT2D eigenvalue weighted by Crippen LogP contribution is -2.34. The molecule has 2 amide bonds. The molecule has 204 valence electrons. The van der Waals surface area contributed by atoms with E-state index >= 15 is 4.39 Å². The molecule has 0 aliphatic carbocycles. The number of anilines is 2. The summed E-state index contributed by atoms with van der Waals surface area (Å²) in [7, 11) is 0. The van der Waals surface area contributed by atoms with Crippen molar-refractivity contribution in [3.05, 3.63) is 71.5 Å². The topological polar surface area (TPSA) is 122 Å². The number of nitrogens with one attached hydrogen (secondary N) is 3. The van der Waals surface area contributed by atoms with Gasteiger partial charge >= 0.3 is 6.03 Å². The van der Waals surface area contributed by atoms with Crippen LogP contribution in [0.5, 0.6) is 0 Å². The number of hydrogen-bond donors (Lipinski definition) is 4. The number of benzene rings is 1. The van der Waals surface area contributed by atoms with E-state index in [1.54, 1.807) is 22.9 Å². The zero-order valence-electron chi connectivity index (χ0n) is 22.3. The van der Waals surface area contributed by atoms with Gasteiger partial charge in [-0.2, -0.15) is 5.10 Å². The minimum Gasteiger partial charge on any atom is -0.382 e. The molecule has 10 nitrogen and oxygen atoms in total. The summed E-state index contributed by atoms with van der Waals surface area (Å²) in [4.78, 5) is 19.1. The van der Waals surface area contributed by atoms with Gasteiger partial charge in [0.2, 0.25) is 0 Å². The van der Waals surface area contributed by atoms with Crippen LogP contribution >= 0.6 is 0 Å². The molecular weight excluding hydrogens is 499 g/mol. The van der Waals surface area contributed by atoms with E-state index < -0.39 is 11.8 Å². The molecule has 3 aromatic rings. The highest BCUT2D eigenvalue weighted by Crippen LogP contribution is 2.33. The Hall–Kier alpha value is -4.18. The van der Waals surface area contributed by atoms with E-state index in [2.05, 4.69) is 57.4 Å². The third-order valence-electron chi connectivity index (χ3n) is 6.69. The summed E-state index contributed by atoms with van der Waals surface area (Å²) < 4.78 is 22.6. The predicted octanol–water partition coefficient (Wildman–Crippen LogP) is 3.99. The second-order valence-corrected chi connectivity index (χ2v) is 10.6. The third-order valence-corrected chi connectivity index (χ3v) is 6.69. The number of aromatic nitrogens is 3. The van der Waals surface area contributed by atoms with E-state index in [-0.39, 0.29) is 11.1 Å². The molecule has 39 heavy (non-hydrogen) atoms. The summed E-state index contributed by atoms with van der Waals surface area (Å²) in [6, 6.07) is 6.05. The van der Waals surface area contributed by atoms with Gasteiger partial charge in [-0.3, -0.25) is 10.2 Å². The minimum atomic E-state index is -0.579. The summed E-state index contributed by atoms with van der Waals surface area (Å²) in [6.07, 6.45) is 5.82. The van der Waals surface area contributed by atoms with Crippen LogP contribution < -0.4 is 21.7 Å². The van der Waals surface area contributed by atoms with Crippen molar-refractivity contribution in [2.24, 2.45) is 5.41 Å². The van der Waals surface area contributed by atoms with Crippen LogP contribution in [0.1, 0.15) is 32.9 Å². The first-order valence-electron chi connectivity index (χ1n) is 12.9. The van der Waals surface area contributed by atoms with Crippen molar-refractivity contribution in [2.45, 2.75) is 33.7 Å². The molecule has 4 heterocycles. The summed E-state index contributed by atoms with van der Waals surface area (Å²) >= 11 is 0. The number of carbonyl (C=O) groups is 1. The molecule has 0 radical (unpaired) electrons. The molecule has 5 N–H and O–H groups in total. The Labute approximate surface area is 226 Å². The third kappa shape index (κ3) is 5.96. The molecule has 1 saturated heterocycles. The standard InChI is InChI=1S/C28H33FN8O2/c1-28(2,3)19-7-8-31-24(14-19)35-27(38)34-23-6-5-18(13-22(23)29)21-15-20(16-36-9-4-11-39-12-10-36)37-25(21)26(30)32-17-33-37/h5-6,8,13-15,17,31H,4,9-12,16H2,1-3H3,(H2,30,32,33)(H2,34,35,38). The van der Waals surface area contributed by atoms with E-state index in [9.17, 15) is 4.79 Å². The molecule has 0 spiro atoms. The van der Waals surface area contributed by atoms with Gasteiger partial charge in [-0.1, -0.05) is 32.6 Å². The fraction of sp³-hybridized carbons (Fsp3) is 0.357. The maximum atomic E-state index is 15.2. The van der Waals surface area contributed by atoms with Crippen LogP contribution in [0.2, 0.25) is 0 Å². The Morgan fingerprint density at radius 3 is 2.87 bits per heavy atom. The Bertz CT molecular complexity index is 1490. The SMILES string of the molecule is CC(C)(C)C1=C=CNC(NC(=O)Nc2ccc(-c3cc(CN4CCCOCC4)n4ncnc(N)c34)cc2F)=C1. The first-order valence-corrected chi connectivity index (χ1v) is 12.9. The number of amides is 2. The largest absolute Gasteiger partial charge is 0.382 e. The van der Waals surface area contributed by atoms with E-state index in [1.807, 2.05) is 6.07 Å². The van der Waals surface area contributed by atoms with Crippen LogP contribution in [-0.4, -0.2) is 51.8 Å². The van der Waals surface area contributed by atoms with Gasteiger partial charge in [0.1, 0.15) is 23.5 Å². The number of halogens is 1. The smallest absolute Gasteiger partial charge is 0.324 e. The van der Waals surface area contributed by atoms with Crippen LogP contribution in [0.4, 0.5) is 20.7 Å². The molecule has 11 heteroatoms. The van der Waals surface area contributed by atoms with Gasteiger partial charge in [0.15, 0.2) is 5.82 Å². The van der Waals surface area contributed by atoms with Gasteiger partial charge in [-0.05, 0) is 41.7 Å². The summed E-state index contributed by atoms with van der Waals surface area (Å²) in [5.74, 6) is 0.204. The van der Waals surface area contributed by atoms with E-state index in [0.717, 1.165) is 37.4 Å². The minimum absolute atomic E-state index is 0.0484. The average molecular weight is 533 g/mol. The van der Waals surface area contributed by atoms with E-state index in [1.165, 1.54) is 18.5 Å². The number of carbonyl (C=O) groups excluding carboxylic acids is 1. The van der Waals surface area contributed by atoms with Crippen LogP contribution in [0.25, 0.3) is 16.6 Å². The number of nitrogen functional groups attached to an aromatic ring is 1. The van der Waals surface area contributed by atoms with Gasteiger partial charge < -0.3 is 21.1 Å². The average Bonchev–Trinajstić information content (AvgIpc) is 3.06. The van der Waals surface area contributed by atoms with Crippen molar-refractivity contribution in [1.29, 1.82) is 0 Å². The number of nitrogens with two attached hydrogens (primary N) is 1. The molecule has 2 aromatic heterocycles. The molecule has 1 fully saturated rings. The van der Waals surface area contributed by atoms with E-state index in [4.69, 9.17) is 10.5 Å². The maximum absolute atomic E-state index is 15.2. The zero-order chi connectivity index (χ0) is 27.6. The summed E-state index contributed by atoms with van der Waals surface area (Å²) in [5, 5.41) is 12.7.